The molecule has 0 radical (unpaired) electrons. The van der Waals surface area contributed by atoms with Crippen molar-refractivity contribution in [2.45, 2.75) is 43.5 Å². The SMILES string of the molecule is O=C(NCc1cccnc1)C1CCCN(c2ccc3cc(S(=O)(=O)N4CCCCC4)ccc3n2)C1. The van der Waals surface area contributed by atoms with Gasteiger partial charge < -0.3 is 10.2 Å². The molecule has 2 fully saturated rings. The second-order valence-corrected chi connectivity index (χ2v) is 11.3. The molecule has 0 aliphatic carbocycles. The van der Waals surface area contributed by atoms with Gasteiger partial charge in [-0.15, -0.1) is 0 Å². The summed E-state index contributed by atoms with van der Waals surface area (Å²) in [5.74, 6) is 0.760. The molecule has 0 bridgehead atoms. The summed E-state index contributed by atoms with van der Waals surface area (Å²) in [5, 5.41) is 3.83. The molecule has 1 N–H and O–H groups in total. The smallest absolute Gasteiger partial charge is 0.243 e. The monoisotopic (exact) mass is 493 g/mol. The number of rotatable bonds is 6. The minimum atomic E-state index is -3.48. The molecule has 2 saturated heterocycles. The third kappa shape index (κ3) is 5.31. The van der Waals surface area contributed by atoms with Crippen molar-refractivity contribution in [3.8, 4) is 0 Å². The summed E-state index contributed by atoms with van der Waals surface area (Å²) in [6.45, 7) is 3.10. The number of hydrogen-bond acceptors (Lipinski definition) is 6. The van der Waals surface area contributed by atoms with Crippen molar-refractivity contribution in [2.24, 2.45) is 5.92 Å². The number of nitrogens with one attached hydrogen (secondary N) is 1. The zero-order valence-electron chi connectivity index (χ0n) is 19.8. The van der Waals surface area contributed by atoms with E-state index in [1.165, 1.54) is 0 Å². The van der Waals surface area contributed by atoms with Crippen LogP contribution in [0.5, 0.6) is 0 Å². The van der Waals surface area contributed by atoms with Crippen molar-refractivity contribution in [1.82, 2.24) is 19.6 Å². The number of pyridine rings is 2. The van der Waals surface area contributed by atoms with Gasteiger partial charge in [-0.3, -0.25) is 9.78 Å². The highest BCUT2D eigenvalue weighted by Gasteiger charge is 2.28. The summed E-state index contributed by atoms with van der Waals surface area (Å²) in [6, 6.07) is 12.8. The fourth-order valence-electron chi connectivity index (χ4n) is 4.92. The molecule has 1 amide bonds. The molecule has 1 aromatic carbocycles. The zero-order valence-corrected chi connectivity index (χ0v) is 20.6. The Morgan fingerprint density at radius 1 is 1.03 bits per heavy atom. The number of aromatic nitrogens is 2. The van der Waals surface area contributed by atoms with Gasteiger partial charge >= 0.3 is 0 Å². The van der Waals surface area contributed by atoms with E-state index in [-0.39, 0.29) is 11.8 Å². The van der Waals surface area contributed by atoms with E-state index in [0.29, 0.717) is 31.1 Å². The van der Waals surface area contributed by atoms with Crippen LogP contribution < -0.4 is 10.2 Å². The molecule has 9 heteroatoms. The first-order valence-electron chi connectivity index (χ1n) is 12.3. The lowest BCUT2D eigenvalue weighted by Crippen LogP contribution is -2.43. The highest BCUT2D eigenvalue weighted by Crippen LogP contribution is 2.27. The molecule has 4 heterocycles. The Balaban J connectivity index is 1.28. The third-order valence-electron chi connectivity index (χ3n) is 6.90. The predicted molar refractivity (Wildman–Crippen MR) is 135 cm³/mol. The lowest BCUT2D eigenvalue weighted by molar-refractivity contribution is -0.125. The van der Waals surface area contributed by atoms with Gasteiger partial charge in [0.25, 0.3) is 0 Å². The molecule has 3 aromatic rings. The van der Waals surface area contributed by atoms with Crippen LogP contribution in [0.25, 0.3) is 10.9 Å². The lowest BCUT2D eigenvalue weighted by atomic mass is 9.97. The van der Waals surface area contributed by atoms with Crippen LogP contribution in [0.2, 0.25) is 0 Å². The van der Waals surface area contributed by atoms with E-state index in [4.69, 9.17) is 4.98 Å². The normalized spacial score (nSPS) is 19.5. The highest BCUT2D eigenvalue weighted by atomic mass is 32.2. The number of carbonyl (C=O) groups excluding carboxylic acids is 1. The molecular weight excluding hydrogens is 462 g/mol. The standard InChI is InChI=1S/C26H31N5O3S/c32-26(28-18-20-6-4-12-27-17-20)22-7-5-13-30(19-22)25-11-8-21-16-23(9-10-24(21)29-25)35(33,34)31-14-2-1-3-15-31/h4,6,8-12,16-17,22H,1-3,5,7,13-15,18-19H2,(H,28,32). The van der Waals surface area contributed by atoms with Gasteiger partial charge in [0, 0.05) is 50.5 Å². The van der Waals surface area contributed by atoms with Gasteiger partial charge in [0.05, 0.1) is 16.3 Å². The van der Waals surface area contributed by atoms with E-state index in [1.54, 1.807) is 34.9 Å². The average molecular weight is 494 g/mol. The number of anilines is 1. The molecule has 5 rings (SSSR count). The number of benzene rings is 1. The number of sulfonamides is 1. The van der Waals surface area contributed by atoms with Gasteiger partial charge in [0.15, 0.2) is 0 Å². The van der Waals surface area contributed by atoms with Crippen LogP contribution in [-0.4, -0.2) is 54.8 Å². The largest absolute Gasteiger partial charge is 0.356 e. The maximum atomic E-state index is 13.0. The summed E-state index contributed by atoms with van der Waals surface area (Å²) < 4.78 is 27.7. The number of fused-ring (bicyclic) bond motifs is 1. The Hall–Kier alpha value is -3.04. The maximum absolute atomic E-state index is 13.0. The summed E-state index contributed by atoms with van der Waals surface area (Å²) in [6.07, 6.45) is 8.15. The molecule has 1 atom stereocenters. The van der Waals surface area contributed by atoms with Crippen LogP contribution in [0, 0.1) is 5.92 Å². The van der Waals surface area contributed by atoms with Crippen LogP contribution in [0.15, 0.2) is 59.8 Å². The van der Waals surface area contributed by atoms with E-state index >= 15 is 0 Å². The van der Waals surface area contributed by atoms with Gasteiger partial charge in [-0.05, 0) is 67.6 Å². The summed E-state index contributed by atoms with van der Waals surface area (Å²) in [4.78, 5) is 24.1. The highest BCUT2D eigenvalue weighted by molar-refractivity contribution is 7.89. The predicted octanol–water partition coefficient (Wildman–Crippen LogP) is 3.34. The molecule has 2 aliphatic rings. The van der Waals surface area contributed by atoms with Gasteiger partial charge in [0.1, 0.15) is 5.82 Å². The molecular formula is C26H31N5O3S. The minimum Gasteiger partial charge on any atom is -0.356 e. The fraction of sp³-hybridized carbons (Fsp3) is 0.423. The first-order chi connectivity index (χ1) is 17.0. The summed E-state index contributed by atoms with van der Waals surface area (Å²) in [5.41, 5.74) is 1.73. The van der Waals surface area contributed by atoms with E-state index in [0.717, 1.165) is 60.9 Å². The van der Waals surface area contributed by atoms with Crippen molar-refractivity contribution in [2.75, 3.05) is 31.1 Å². The van der Waals surface area contributed by atoms with Crippen LogP contribution in [0.1, 0.15) is 37.7 Å². The second kappa shape index (κ2) is 10.3. The van der Waals surface area contributed by atoms with Crippen molar-refractivity contribution >= 4 is 32.7 Å². The van der Waals surface area contributed by atoms with Crippen molar-refractivity contribution in [3.05, 3.63) is 60.4 Å². The van der Waals surface area contributed by atoms with Crippen molar-refractivity contribution in [3.63, 3.8) is 0 Å². The van der Waals surface area contributed by atoms with Crippen molar-refractivity contribution < 1.29 is 13.2 Å². The molecule has 184 valence electrons. The number of carbonyl (C=O) groups is 1. The average Bonchev–Trinajstić information content (AvgIpc) is 2.92. The Morgan fingerprint density at radius 2 is 1.89 bits per heavy atom. The molecule has 1 unspecified atom stereocenters. The maximum Gasteiger partial charge on any atom is 0.243 e. The molecule has 0 spiro atoms. The number of hydrogen-bond donors (Lipinski definition) is 1. The zero-order chi connectivity index (χ0) is 24.3. The van der Waals surface area contributed by atoms with Crippen LogP contribution in [0.4, 0.5) is 5.82 Å². The quantitative estimate of drug-likeness (QED) is 0.566. The molecule has 35 heavy (non-hydrogen) atoms. The van der Waals surface area contributed by atoms with Crippen LogP contribution in [-0.2, 0) is 21.4 Å². The summed E-state index contributed by atoms with van der Waals surface area (Å²) >= 11 is 0. The van der Waals surface area contributed by atoms with Gasteiger partial charge in [0.2, 0.25) is 15.9 Å². The lowest BCUT2D eigenvalue weighted by Gasteiger charge is -2.33. The number of piperidine rings is 2. The number of amides is 1. The first-order valence-corrected chi connectivity index (χ1v) is 13.8. The molecule has 2 aromatic heterocycles. The third-order valence-corrected chi connectivity index (χ3v) is 8.80. The van der Waals surface area contributed by atoms with Gasteiger partial charge in [-0.2, -0.15) is 4.31 Å². The second-order valence-electron chi connectivity index (χ2n) is 9.35. The van der Waals surface area contributed by atoms with Gasteiger partial charge in [-0.1, -0.05) is 12.5 Å². The van der Waals surface area contributed by atoms with E-state index in [1.807, 2.05) is 24.3 Å². The van der Waals surface area contributed by atoms with Crippen LogP contribution >= 0.6 is 0 Å². The topological polar surface area (TPSA) is 95.5 Å². The Morgan fingerprint density at radius 3 is 2.69 bits per heavy atom. The fourth-order valence-corrected chi connectivity index (χ4v) is 6.47. The van der Waals surface area contributed by atoms with Crippen molar-refractivity contribution in [1.29, 1.82) is 0 Å². The minimum absolute atomic E-state index is 0.0481. The molecule has 8 nitrogen and oxygen atoms in total. The van der Waals surface area contributed by atoms with Gasteiger partial charge in [-0.25, -0.2) is 13.4 Å². The van der Waals surface area contributed by atoms with E-state index in [9.17, 15) is 13.2 Å². The Kier molecular flexibility index (Phi) is 6.97. The molecule has 0 saturated carbocycles. The van der Waals surface area contributed by atoms with Crippen LogP contribution in [0.3, 0.4) is 0 Å². The van der Waals surface area contributed by atoms with E-state index in [2.05, 4.69) is 15.2 Å². The number of nitrogens with zero attached hydrogens (tertiary/aromatic N) is 4. The Bertz CT molecular complexity index is 1290. The first kappa shape index (κ1) is 23.7. The molecule has 2 aliphatic heterocycles. The Labute approximate surface area is 206 Å². The summed E-state index contributed by atoms with van der Waals surface area (Å²) in [7, 11) is -3.48. The van der Waals surface area contributed by atoms with E-state index < -0.39 is 10.0 Å².